The van der Waals surface area contributed by atoms with Crippen LogP contribution in [0.3, 0.4) is 0 Å². The molecule has 0 radical (unpaired) electrons. The van der Waals surface area contributed by atoms with Crippen molar-refractivity contribution in [2.24, 2.45) is 5.73 Å². The Kier molecular flexibility index (Phi) is 4.45. The summed E-state index contributed by atoms with van der Waals surface area (Å²) in [4.78, 5) is 11.3. The molecule has 2 N–H and O–H groups in total. The number of amides is 1. The molecular weight excluding hydrogens is 318 g/mol. The van der Waals surface area contributed by atoms with E-state index in [4.69, 9.17) is 10.5 Å². The number of benzene rings is 2. The van der Waals surface area contributed by atoms with Gasteiger partial charge in [-0.2, -0.15) is 0 Å². The minimum atomic E-state index is -0.438. The van der Waals surface area contributed by atoms with Crippen LogP contribution in [0.1, 0.15) is 27.0 Å². The summed E-state index contributed by atoms with van der Waals surface area (Å²) in [6.07, 6.45) is 0. The maximum absolute atomic E-state index is 11.3. The van der Waals surface area contributed by atoms with Crippen molar-refractivity contribution in [3.05, 3.63) is 63.1 Å². The highest BCUT2D eigenvalue weighted by Crippen LogP contribution is 2.27. The third-order valence-corrected chi connectivity index (χ3v) is 4.34. The molecule has 20 heavy (non-hydrogen) atoms. The molecule has 1 amide bonds. The van der Waals surface area contributed by atoms with Crippen LogP contribution < -0.4 is 10.5 Å². The molecule has 2 aromatic rings. The van der Waals surface area contributed by atoms with E-state index in [0.29, 0.717) is 12.2 Å². The van der Waals surface area contributed by atoms with Crippen molar-refractivity contribution in [2.45, 2.75) is 20.5 Å². The summed E-state index contributed by atoms with van der Waals surface area (Å²) >= 11 is 3.52. The van der Waals surface area contributed by atoms with Crippen LogP contribution in [0, 0.1) is 13.8 Å². The van der Waals surface area contributed by atoms with E-state index in [1.54, 1.807) is 12.1 Å². The predicted octanol–water partition coefficient (Wildman–Crippen LogP) is 3.74. The topological polar surface area (TPSA) is 52.3 Å². The lowest BCUT2D eigenvalue weighted by Crippen LogP contribution is -2.14. The highest BCUT2D eigenvalue weighted by Gasteiger charge is 2.08. The normalized spacial score (nSPS) is 10.3. The Labute approximate surface area is 126 Å². The van der Waals surface area contributed by atoms with Gasteiger partial charge in [-0.3, -0.25) is 4.79 Å². The summed E-state index contributed by atoms with van der Waals surface area (Å²) in [5.41, 5.74) is 8.87. The summed E-state index contributed by atoms with van der Waals surface area (Å²) in [7, 11) is 0. The Morgan fingerprint density at radius 2 is 1.80 bits per heavy atom. The summed E-state index contributed by atoms with van der Waals surface area (Å²) in [6.45, 7) is 4.35. The van der Waals surface area contributed by atoms with E-state index in [9.17, 15) is 4.79 Å². The second kappa shape index (κ2) is 6.09. The number of nitrogens with two attached hydrogens (primary N) is 1. The molecule has 0 atom stereocenters. The fourth-order valence-electron chi connectivity index (χ4n) is 2.04. The number of carbonyl (C=O) groups excluding carboxylic acids is 1. The lowest BCUT2D eigenvalue weighted by atomic mass is 10.1. The minimum Gasteiger partial charge on any atom is -0.489 e. The van der Waals surface area contributed by atoms with Gasteiger partial charge in [0.05, 0.1) is 0 Å². The summed E-state index contributed by atoms with van der Waals surface area (Å²) in [6, 6.07) is 11.1. The quantitative estimate of drug-likeness (QED) is 0.926. The average molecular weight is 334 g/mol. The number of rotatable bonds is 4. The zero-order chi connectivity index (χ0) is 14.7. The highest BCUT2D eigenvalue weighted by atomic mass is 79.9. The lowest BCUT2D eigenvalue weighted by Gasteiger charge is -2.11. The van der Waals surface area contributed by atoms with Gasteiger partial charge in [0, 0.05) is 15.6 Å². The van der Waals surface area contributed by atoms with E-state index in [1.165, 1.54) is 0 Å². The van der Waals surface area contributed by atoms with Gasteiger partial charge in [0.15, 0.2) is 0 Å². The van der Waals surface area contributed by atoms with Crippen LogP contribution in [0.2, 0.25) is 0 Å². The van der Waals surface area contributed by atoms with Crippen molar-refractivity contribution in [1.29, 1.82) is 0 Å². The van der Waals surface area contributed by atoms with Gasteiger partial charge in [0.25, 0.3) is 0 Å². The predicted molar refractivity (Wildman–Crippen MR) is 82.9 cm³/mol. The number of primary amides is 1. The monoisotopic (exact) mass is 333 g/mol. The first-order valence-electron chi connectivity index (χ1n) is 6.26. The SMILES string of the molecule is Cc1cc(OCc2ccccc2C(N)=O)cc(C)c1Br. The first kappa shape index (κ1) is 14.6. The lowest BCUT2D eigenvalue weighted by molar-refractivity contribution is 0.0998. The molecular formula is C16H16BrNO2. The molecule has 2 aromatic carbocycles. The fraction of sp³-hybridized carbons (Fsp3) is 0.188. The number of hydrogen-bond acceptors (Lipinski definition) is 2. The number of ether oxygens (including phenoxy) is 1. The summed E-state index contributed by atoms with van der Waals surface area (Å²) < 4.78 is 6.86. The molecule has 0 bridgehead atoms. The van der Waals surface area contributed by atoms with Crippen LogP contribution in [0.5, 0.6) is 5.75 Å². The molecule has 0 unspecified atom stereocenters. The number of aryl methyl sites for hydroxylation is 2. The number of carbonyl (C=O) groups is 1. The molecule has 3 nitrogen and oxygen atoms in total. The molecule has 4 heteroatoms. The van der Waals surface area contributed by atoms with Gasteiger partial charge in [0.2, 0.25) is 5.91 Å². The Hall–Kier alpha value is -1.81. The number of hydrogen-bond donors (Lipinski definition) is 1. The third kappa shape index (κ3) is 3.20. The number of halogens is 1. The van der Waals surface area contributed by atoms with Crippen molar-refractivity contribution >= 4 is 21.8 Å². The van der Waals surface area contributed by atoms with E-state index in [-0.39, 0.29) is 0 Å². The first-order chi connectivity index (χ1) is 9.49. The van der Waals surface area contributed by atoms with Crippen LogP contribution in [0.15, 0.2) is 40.9 Å². The van der Waals surface area contributed by atoms with Gasteiger partial charge in [-0.25, -0.2) is 0 Å². The molecule has 0 fully saturated rings. The molecule has 0 aromatic heterocycles. The van der Waals surface area contributed by atoms with Gasteiger partial charge in [-0.1, -0.05) is 34.1 Å². The average Bonchev–Trinajstić information content (AvgIpc) is 2.42. The molecule has 0 heterocycles. The molecule has 2 rings (SSSR count). The van der Waals surface area contributed by atoms with Crippen LogP contribution in [0.4, 0.5) is 0 Å². The van der Waals surface area contributed by atoms with Crippen LogP contribution >= 0.6 is 15.9 Å². The second-order valence-electron chi connectivity index (χ2n) is 4.68. The van der Waals surface area contributed by atoms with Crippen molar-refractivity contribution in [3.8, 4) is 5.75 Å². The molecule has 0 aliphatic carbocycles. The molecule has 0 spiro atoms. The minimum absolute atomic E-state index is 0.319. The molecule has 104 valence electrons. The van der Waals surface area contributed by atoms with Gasteiger partial charge in [0.1, 0.15) is 12.4 Å². The molecule has 0 saturated heterocycles. The Balaban J connectivity index is 2.19. The van der Waals surface area contributed by atoms with Crippen molar-refractivity contribution < 1.29 is 9.53 Å². The zero-order valence-corrected chi connectivity index (χ0v) is 13.0. The van der Waals surface area contributed by atoms with Crippen molar-refractivity contribution in [3.63, 3.8) is 0 Å². The first-order valence-corrected chi connectivity index (χ1v) is 7.05. The van der Waals surface area contributed by atoms with Crippen molar-refractivity contribution in [1.82, 2.24) is 0 Å². The van der Waals surface area contributed by atoms with E-state index < -0.39 is 5.91 Å². The van der Waals surface area contributed by atoms with Gasteiger partial charge < -0.3 is 10.5 Å². The van der Waals surface area contributed by atoms with Gasteiger partial charge in [-0.05, 0) is 43.2 Å². The largest absolute Gasteiger partial charge is 0.489 e. The standard InChI is InChI=1S/C16H16BrNO2/c1-10-7-13(8-11(2)15(10)17)20-9-12-5-3-4-6-14(12)16(18)19/h3-8H,9H2,1-2H3,(H2,18,19). The van der Waals surface area contributed by atoms with Gasteiger partial charge >= 0.3 is 0 Å². The molecule has 0 saturated carbocycles. The van der Waals surface area contributed by atoms with E-state index >= 15 is 0 Å². The summed E-state index contributed by atoms with van der Waals surface area (Å²) in [5, 5.41) is 0. The summed E-state index contributed by atoms with van der Waals surface area (Å²) in [5.74, 6) is 0.342. The molecule has 0 aliphatic heterocycles. The molecule has 0 aliphatic rings. The van der Waals surface area contributed by atoms with E-state index in [2.05, 4.69) is 15.9 Å². The second-order valence-corrected chi connectivity index (χ2v) is 5.47. The fourth-order valence-corrected chi connectivity index (χ4v) is 2.27. The Morgan fingerprint density at radius 3 is 2.40 bits per heavy atom. The van der Waals surface area contributed by atoms with Crippen LogP contribution in [-0.4, -0.2) is 5.91 Å². The van der Waals surface area contributed by atoms with Crippen LogP contribution in [0.25, 0.3) is 0 Å². The van der Waals surface area contributed by atoms with Crippen molar-refractivity contribution in [2.75, 3.05) is 0 Å². The zero-order valence-electron chi connectivity index (χ0n) is 11.4. The smallest absolute Gasteiger partial charge is 0.249 e. The van der Waals surface area contributed by atoms with E-state index in [1.807, 2.05) is 38.1 Å². The maximum Gasteiger partial charge on any atom is 0.249 e. The maximum atomic E-state index is 11.3. The van der Waals surface area contributed by atoms with Crippen LogP contribution in [-0.2, 0) is 6.61 Å². The van der Waals surface area contributed by atoms with E-state index in [0.717, 1.165) is 26.9 Å². The third-order valence-electron chi connectivity index (χ3n) is 3.09. The highest BCUT2D eigenvalue weighted by molar-refractivity contribution is 9.10. The Morgan fingerprint density at radius 1 is 1.20 bits per heavy atom. The Bertz CT molecular complexity index is 630. The van der Waals surface area contributed by atoms with Gasteiger partial charge in [-0.15, -0.1) is 0 Å².